The van der Waals surface area contributed by atoms with E-state index in [0.29, 0.717) is 0 Å². The van der Waals surface area contributed by atoms with Crippen molar-refractivity contribution in [2.45, 2.75) is 34.6 Å². The molecule has 0 heterocycles. The van der Waals surface area contributed by atoms with Crippen molar-refractivity contribution in [3.05, 3.63) is 13.2 Å². The second-order valence-corrected chi connectivity index (χ2v) is 2.60. The molecule has 5 N–H and O–H groups in total. The summed E-state index contributed by atoms with van der Waals surface area (Å²) in [7, 11) is 0. The summed E-state index contributed by atoms with van der Waals surface area (Å²) in [5.41, 5.74) is 0. The van der Waals surface area contributed by atoms with Gasteiger partial charge in [-0.25, -0.2) is 0 Å². The van der Waals surface area contributed by atoms with E-state index in [0.717, 1.165) is 34.6 Å². The number of hydrogen-bond acceptors (Lipinski definition) is 5. The molecular formula is C12H24FeO10. The molecule has 0 aromatic carbocycles. The normalized spacial score (nSPS) is 5.61. The molecule has 0 unspecified atom stereocenters. The number of rotatable bonds is 0. The van der Waals surface area contributed by atoms with Crippen LogP contribution in [0.25, 0.3) is 0 Å². The minimum atomic E-state index is -0.833. The number of carboxylic acids is 5. The Morgan fingerprint density at radius 1 is 0.478 bits per heavy atom. The largest absolute Gasteiger partial charge is 0.481 e. The summed E-state index contributed by atoms with van der Waals surface area (Å²) >= 11 is 0. The topological polar surface area (TPSA) is 186 Å². The maximum Gasteiger partial charge on any atom is 0.300 e. The number of carboxylic acid groups (broad SMARTS) is 5. The van der Waals surface area contributed by atoms with E-state index in [-0.39, 0.29) is 17.1 Å². The average Bonchev–Trinajstić information content (AvgIpc) is 2.14. The summed E-state index contributed by atoms with van der Waals surface area (Å²) in [4.78, 5) is 45.0. The van der Waals surface area contributed by atoms with E-state index in [9.17, 15) is 0 Å². The van der Waals surface area contributed by atoms with Gasteiger partial charge in [-0.1, -0.05) is 0 Å². The molecule has 0 radical (unpaired) electrons. The fraction of sp³-hybridized carbons (Fsp3) is 0.417. The van der Waals surface area contributed by atoms with Gasteiger partial charge in [0, 0.05) is 51.7 Å². The third-order valence-corrected chi connectivity index (χ3v) is 0. The van der Waals surface area contributed by atoms with Crippen LogP contribution in [0, 0.1) is 0 Å². The zero-order chi connectivity index (χ0) is 19.9. The van der Waals surface area contributed by atoms with Gasteiger partial charge in [0.05, 0.1) is 0 Å². The Bertz CT molecular complexity index is 225. The first-order chi connectivity index (χ1) is 9.66. The summed E-state index contributed by atoms with van der Waals surface area (Å²) in [5, 5.41) is 37.1. The van der Waals surface area contributed by atoms with E-state index in [1.54, 1.807) is 0 Å². The van der Waals surface area contributed by atoms with Crippen LogP contribution in [0.4, 0.5) is 0 Å². The molecule has 0 rings (SSSR count). The zero-order valence-corrected chi connectivity index (χ0v) is 14.6. The molecule has 10 nitrogen and oxygen atoms in total. The summed E-state index contributed by atoms with van der Waals surface area (Å²) in [6.07, 6.45) is 0. The molecule has 23 heavy (non-hydrogen) atoms. The molecule has 0 amide bonds. The molecule has 0 aliphatic carbocycles. The molecule has 0 aliphatic rings. The smallest absolute Gasteiger partial charge is 0.300 e. The summed E-state index contributed by atoms with van der Waals surface area (Å²) in [6.45, 7) is 11.4. The Morgan fingerprint density at radius 3 is 0.478 bits per heavy atom. The van der Waals surface area contributed by atoms with Crippen molar-refractivity contribution < 1.29 is 66.6 Å². The van der Waals surface area contributed by atoms with Gasteiger partial charge in [0.25, 0.3) is 29.8 Å². The van der Waals surface area contributed by atoms with Crippen molar-refractivity contribution in [2.24, 2.45) is 0 Å². The average molecular weight is 384 g/mol. The van der Waals surface area contributed by atoms with E-state index in [1.807, 2.05) is 0 Å². The Morgan fingerprint density at radius 2 is 0.478 bits per heavy atom. The van der Waals surface area contributed by atoms with Crippen LogP contribution in [-0.2, 0) is 41.0 Å². The third-order valence-electron chi connectivity index (χ3n) is 0. The standard InChI is InChI=1S/5C2H4O2.C2H4.Fe/c5*1-2(3)4;1-2;/h5*1H3,(H,3,4);1-2H2;. The first kappa shape index (κ1) is 42.8. The second kappa shape index (κ2) is 42.7. The quantitative estimate of drug-likeness (QED) is 0.300. The molecule has 0 aliphatic heterocycles. The number of aliphatic carboxylic acids is 5. The second-order valence-electron chi connectivity index (χ2n) is 2.60. The van der Waals surface area contributed by atoms with Crippen LogP contribution in [0.2, 0.25) is 0 Å². The molecular weight excluding hydrogens is 360 g/mol. The van der Waals surface area contributed by atoms with Gasteiger partial charge < -0.3 is 25.5 Å². The Hall–Kier alpha value is -2.39. The molecule has 0 spiro atoms. The molecule has 0 aromatic heterocycles. The Kier molecular flexibility index (Phi) is 79.5. The molecule has 140 valence electrons. The van der Waals surface area contributed by atoms with Crippen LogP contribution in [0.15, 0.2) is 13.2 Å². The number of carbonyl (C=O) groups is 5. The minimum Gasteiger partial charge on any atom is -0.481 e. The van der Waals surface area contributed by atoms with Gasteiger partial charge in [-0.15, -0.1) is 13.2 Å². The van der Waals surface area contributed by atoms with Crippen molar-refractivity contribution in [2.75, 3.05) is 0 Å². The summed E-state index contributed by atoms with van der Waals surface area (Å²) in [6, 6.07) is 0. The van der Waals surface area contributed by atoms with Crippen molar-refractivity contribution >= 4 is 29.8 Å². The summed E-state index contributed by atoms with van der Waals surface area (Å²) < 4.78 is 0. The van der Waals surface area contributed by atoms with Crippen molar-refractivity contribution in [3.8, 4) is 0 Å². The number of hydrogen-bond donors (Lipinski definition) is 5. The first-order valence-electron chi connectivity index (χ1n) is 5.14. The van der Waals surface area contributed by atoms with Crippen molar-refractivity contribution in [1.29, 1.82) is 0 Å². The van der Waals surface area contributed by atoms with Crippen LogP contribution in [-0.4, -0.2) is 55.4 Å². The maximum absolute atomic E-state index is 9.00. The van der Waals surface area contributed by atoms with Crippen molar-refractivity contribution in [1.82, 2.24) is 0 Å². The Balaban J connectivity index is -0.0000000268. The molecule has 0 aromatic rings. The molecule has 0 bridgehead atoms. The van der Waals surface area contributed by atoms with Crippen LogP contribution in [0.5, 0.6) is 0 Å². The Labute approximate surface area is 144 Å². The van der Waals surface area contributed by atoms with E-state index >= 15 is 0 Å². The van der Waals surface area contributed by atoms with Crippen molar-refractivity contribution in [3.63, 3.8) is 0 Å². The fourth-order valence-corrected chi connectivity index (χ4v) is 0. The molecule has 0 fully saturated rings. The van der Waals surface area contributed by atoms with Gasteiger partial charge in [0.15, 0.2) is 0 Å². The minimum absolute atomic E-state index is 0. The van der Waals surface area contributed by atoms with E-state index in [4.69, 9.17) is 49.5 Å². The van der Waals surface area contributed by atoms with E-state index < -0.39 is 29.8 Å². The predicted molar refractivity (Wildman–Crippen MR) is 77.8 cm³/mol. The van der Waals surface area contributed by atoms with Crippen LogP contribution in [0.3, 0.4) is 0 Å². The molecule has 11 heteroatoms. The zero-order valence-electron chi connectivity index (χ0n) is 13.5. The SMILES string of the molecule is C=C.CC(=O)O.CC(=O)O.CC(=O)O.CC(=O)O.CC(=O)O.[Fe]. The molecule has 0 saturated heterocycles. The third kappa shape index (κ3) is 1060. The molecule has 0 saturated carbocycles. The first-order valence-corrected chi connectivity index (χ1v) is 5.14. The maximum atomic E-state index is 9.00. The predicted octanol–water partition coefficient (Wildman–Crippen LogP) is 1.25. The van der Waals surface area contributed by atoms with Gasteiger partial charge in [0.1, 0.15) is 0 Å². The van der Waals surface area contributed by atoms with Gasteiger partial charge >= 0.3 is 0 Å². The fourth-order valence-electron chi connectivity index (χ4n) is 0. The van der Waals surface area contributed by atoms with Crippen LogP contribution < -0.4 is 0 Å². The van der Waals surface area contributed by atoms with E-state index in [2.05, 4.69) is 13.2 Å². The van der Waals surface area contributed by atoms with E-state index in [1.165, 1.54) is 0 Å². The van der Waals surface area contributed by atoms with Crippen LogP contribution >= 0.6 is 0 Å². The molecule has 0 atom stereocenters. The van der Waals surface area contributed by atoms with Gasteiger partial charge in [-0.3, -0.25) is 24.0 Å². The van der Waals surface area contributed by atoms with Gasteiger partial charge in [-0.2, -0.15) is 0 Å². The monoisotopic (exact) mass is 384 g/mol. The summed E-state index contributed by atoms with van der Waals surface area (Å²) in [5.74, 6) is -4.17. The van der Waals surface area contributed by atoms with Crippen LogP contribution in [0.1, 0.15) is 34.6 Å². The van der Waals surface area contributed by atoms with Gasteiger partial charge in [-0.05, 0) is 0 Å². The van der Waals surface area contributed by atoms with Gasteiger partial charge in [0.2, 0.25) is 0 Å².